The smallest absolute Gasteiger partial charge is 0.266 e. The second-order valence-electron chi connectivity index (χ2n) is 5.42. The Bertz CT molecular complexity index is 891. The van der Waals surface area contributed by atoms with E-state index in [-0.39, 0.29) is 12.1 Å². The molecular weight excluding hydrogens is 317 g/mol. The number of alkyl halides is 2. The van der Waals surface area contributed by atoms with E-state index >= 15 is 0 Å². The first-order valence-electron chi connectivity index (χ1n) is 7.37. The number of nitrogens with one attached hydrogen (secondary N) is 1. The van der Waals surface area contributed by atoms with Crippen molar-refractivity contribution in [2.24, 2.45) is 0 Å². The molecule has 0 spiro atoms. The zero-order chi connectivity index (χ0) is 17.3. The van der Waals surface area contributed by atoms with Gasteiger partial charge in [0.05, 0.1) is 10.9 Å². The van der Waals surface area contributed by atoms with Crippen LogP contribution in [0, 0.1) is 19.7 Å². The Morgan fingerprint density at radius 1 is 1.04 bits per heavy atom. The molecule has 0 aliphatic rings. The van der Waals surface area contributed by atoms with Crippen LogP contribution in [-0.4, -0.2) is 15.0 Å². The van der Waals surface area contributed by atoms with Crippen LogP contribution in [0.2, 0.25) is 0 Å². The van der Waals surface area contributed by atoms with Gasteiger partial charge in [-0.25, -0.2) is 28.1 Å². The third-order valence-electron chi connectivity index (χ3n) is 3.60. The zero-order valence-electron chi connectivity index (χ0n) is 13.1. The van der Waals surface area contributed by atoms with Crippen LogP contribution in [0.3, 0.4) is 0 Å². The summed E-state index contributed by atoms with van der Waals surface area (Å²) in [6.07, 6.45) is -2.85. The monoisotopic (exact) mass is 332 g/mol. The fourth-order valence-corrected chi connectivity index (χ4v) is 2.43. The molecule has 7 heteroatoms. The molecule has 0 fully saturated rings. The van der Waals surface area contributed by atoms with E-state index in [1.165, 1.54) is 12.1 Å². The molecule has 2 aromatic heterocycles. The van der Waals surface area contributed by atoms with E-state index in [0.29, 0.717) is 22.7 Å². The molecule has 0 aliphatic heterocycles. The van der Waals surface area contributed by atoms with Gasteiger partial charge in [0.2, 0.25) is 0 Å². The Morgan fingerprint density at radius 2 is 1.83 bits per heavy atom. The van der Waals surface area contributed by atoms with Crippen molar-refractivity contribution in [3.8, 4) is 0 Å². The van der Waals surface area contributed by atoms with Gasteiger partial charge in [-0.1, -0.05) is 18.2 Å². The van der Waals surface area contributed by atoms with E-state index in [1.807, 2.05) is 19.1 Å². The van der Waals surface area contributed by atoms with Gasteiger partial charge < -0.3 is 5.32 Å². The second kappa shape index (κ2) is 6.43. The summed E-state index contributed by atoms with van der Waals surface area (Å²) in [5.41, 5.74) is 0.904. The Labute approximate surface area is 136 Å². The van der Waals surface area contributed by atoms with Crippen molar-refractivity contribution in [3.05, 3.63) is 58.8 Å². The molecule has 3 rings (SSSR count). The van der Waals surface area contributed by atoms with Crippen molar-refractivity contribution in [1.82, 2.24) is 15.0 Å². The highest BCUT2D eigenvalue weighted by Crippen LogP contribution is 2.25. The van der Waals surface area contributed by atoms with Crippen molar-refractivity contribution in [1.29, 1.82) is 0 Å². The maximum atomic E-state index is 14.1. The standard InChI is InChI=1S/C17H15F3N4/c1-9-6-7-13-16(23-10(2)24-17(13)22-9)21-8-11-4-3-5-12(14(11)18)15(19)20/h3-7,15H,8H2,1-2H3,(H,21,22,23,24). The van der Waals surface area contributed by atoms with Crippen LogP contribution in [0.5, 0.6) is 0 Å². The number of anilines is 1. The Morgan fingerprint density at radius 3 is 2.58 bits per heavy atom. The number of nitrogens with zero attached hydrogens (tertiary/aromatic N) is 3. The maximum Gasteiger partial charge on any atom is 0.266 e. The van der Waals surface area contributed by atoms with Crippen LogP contribution in [0.15, 0.2) is 30.3 Å². The van der Waals surface area contributed by atoms with Crippen molar-refractivity contribution < 1.29 is 13.2 Å². The minimum atomic E-state index is -2.85. The van der Waals surface area contributed by atoms with Crippen LogP contribution in [0.4, 0.5) is 19.0 Å². The van der Waals surface area contributed by atoms with Gasteiger partial charge in [0.1, 0.15) is 17.5 Å². The Balaban J connectivity index is 1.93. The summed E-state index contributed by atoms with van der Waals surface area (Å²) in [7, 11) is 0. The van der Waals surface area contributed by atoms with Crippen LogP contribution in [0.25, 0.3) is 11.0 Å². The highest BCUT2D eigenvalue weighted by atomic mass is 19.3. The second-order valence-corrected chi connectivity index (χ2v) is 5.42. The number of pyridine rings is 1. The van der Waals surface area contributed by atoms with Gasteiger partial charge in [-0.2, -0.15) is 0 Å². The van der Waals surface area contributed by atoms with Gasteiger partial charge in [-0.3, -0.25) is 0 Å². The summed E-state index contributed by atoms with van der Waals surface area (Å²) >= 11 is 0. The number of aryl methyl sites for hydroxylation is 2. The number of aromatic nitrogens is 3. The minimum Gasteiger partial charge on any atom is -0.365 e. The lowest BCUT2D eigenvalue weighted by molar-refractivity contribution is 0.146. The summed E-state index contributed by atoms with van der Waals surface area (Å²) in [6, 6.07) is 7.61. The van der Waals surface area contributed by atoms with E-state index in [0.717, 1.165) is 11.8 Å². The molecule has 0 saturated heterocycles. The zero-order valence-corrected chi connectivity index (χ0v) is 13.1. The number of halogens is 3. The summed E-state index contributed by atoms with van der Waals surface area (Å²) in [5, 5.41) is 3.69. The topological polar surface area (TPSA) is 50.7 Å². The maximum absolute atomic E-state index is 14.1. The van der Waals surface area contributed by atoms with Gasteiger partial charge in [0, 0.05) is 17.8 Å². The van der Waals surface area contributed by atoms with Crippen molar-refractivity contribution >= 4 is 16.9 Å². The van der Waals surface area contributed by atoms with Crippen molar-refractivity contribution in [2.45, 2.75) is 26.8 Å². The van der Waals surface area contributed by atoms with Gasteiger partial charge in [0.15, 0.2) is 5.65 Å². The quantitative estimate of drug-likeness (QED) is 0.772. The molecule has 2 heterocycles. The summed E-state index contributed by atoms with van der Waals surface area (Å²) in [5.74, 6) is 0.112. The molecule has 0 radical (unpaired) electrons. The lowest BCUT2D eigenvalue weighted by Gasteiger charge is -2.11. The molecule has 4 nitrogen and oxygen atoms in total. The Kier molecular flexibility index (Phi) is 4.33. The number of hydrogen-bond acceptors (Lipinski definition) is 4. The average molecular weight is 332 g/mol. The summed E-state index contributed by atoms with van der Waals surface area (Å²) in [4.78, 5) is 12.9. The average Bonchev–Trinajstić information content (AvgIpc) is 2.52. The molecule has 0 bridgehead atoms. The number of fused-ring (bicyclic) bond motifs is 1. The van der Waals surface area contributed by atoms with E-state index in [9.17, 15) is 13.2 Å². The normalized spacial score (nSPS) is 11.2. The molecular formula is C17H15F3N4. The van der Waals surface area contributed by atoms with Gasteiger partial charge in [-0.05, 0) is 26.0 Å². The van der Waals surface area contributed by atoms with Crippen molar-refractivity contribution in [3.63, 3.8) is 0 Å². The van der Waals surface area contributed by atoms with E-state index in [2.05, 4.69) is 20.3 Å². The van der Waals surface area contributed by atoms with Crippen LogP contribution in [-0.2, 0) is 6.54 Å². The van der Waals surface area contributed by atoms with Crippen LogP contribution < -0.4 is 5.32 Å². The SMILES string of the molecule is Cc1ccc2c(NCc3cccc(C(F)F)c3F)nc(C)nc2n1. The van der Waals surface area contributed by atoms with Crippen LogP contribution in [0.1, 0.15) is 29.1 Å². The fraction of sp³-hybridized carbons (Fsp3) is 0.235. The van der Waals surface area contributed by atoms with E-state index in [1.54, 1.807) is 6.92 Å². The molecule has 3 aromatic rings. The molecule has 0 atom stereocenters. The minimum absolute atomic E-state index is 0.0336. The van der Waals surface area contributed by atoms with Crippen LogP contribution >= 0.6 is 0 Å². The van der Waals surface area contributed by atoms with E-state index < -0.39 is 17.8 Å². The van der Waals surface area contributed by atoms with E-state index in [4.69, 9.17) is 0 Å². The number of benzene rings is 1. The number of hydrogen-bond donors (Lipinski definition) is 1. The third kappa shape index (κ3) is 3.15. The first-order chi connectivity index (χ1) is 11.5. The lowest BCUT2D eigenvalue weighted by atomic mass is 10.1. The molecule has 0 unspecified atom stereocenters. The molecule has 124 valence electrons. The van der Waals surface area contributed by atoms with Gasteiger partial charge in [-0.15, -0.1) is 0 Å². The van der Waals surface area contributed by atoms with Gasteiger partial charge in [0.25, 0.3) is 6.43 Å². The van der Waals surface area contributed by atoms with Gasteiger partial charge >= 0.3 is 0 Å². The third-order valence-corrected chi connectivity index (χ3v) is 3.60. The lowest BCUT2D eigenvalue weighted by Crippen LogP contribution is -2.07. The largest absolute Gasteiger partial charge is 0.365 e. The highest BCUT2D eigenvalue weighted by Gasteiger charge is 2.16. The molecule has 0 amide bonds. The van der Waals surface area contributed by atoms with Crippen molar-refractivity contribution in [2.75, 3.05) is 5.32 Å². The highest BCUT2D eigenvalue weighted by molar-refractivity contribution is 5.86. The first kappa shape index (κ1) is 16.2. The first-order valence-corrected chi connectivity index (χ1v) is 7.37. The predicted octanol–water partition coefficient (Wildman–Crippen LogP) is 4.33. The number of rotatable bonds is 4. The molecule has 0 saturated carbocycles. The predicted molar refractivity (Wildman–Crippen MR) is 85.5 cm³/mol. The molecule has 24 heavy (non-hydrogen) atoms. The molecule has 0 aliphatic carbocycles. The fourth-order valence-electron chi connectivity index (χ4n) is 2.43. The summed E-state index contributed by atoms with van der Waals surface area (Å²) < 4.78 is 39.7. The Hall–Kier alpha value is -2.70. The summed E-state index contributed by atoms with van der Waals surface area (Å²) in [6.45, 7) is 3.62. The molecule has 1 N–H and O–H groups in total. The molecule has 1 aromatic carbocycles.